The largest absolute Gasteiger partial charge is 0.435 e. The Kier molecular flexibility index (Phi) is 5.22. The van der Waals surface area contributed by atoms with E-state index in [1.807, 2.05) is 19.2 Å². The molecule has 0 aliphatic carbocycles. The smallest absolute Gasteiger partial charge is 0.387 e. The number of hydrogen-bond donors (Lipinski definition) is 1. The van der Waals surface area contributed by atoms with Crippen LogP contribution in [0.5, 0.6) is 5.75 Å². The van der Waals surface area contributed by atoms with E-state index in [4.69, 9.17) is 0 Å². The average molecular weight is 292 g/mol. The summed E-state index contributed by atoms with van der Waals surface area (Å²) in [5.41, 5.74) is 2.18. The molecule has 1 heterocycles. The summed E-state index contributed by atoms with van der Waals surface area (Å²) in [6.07, 6.45) is 3.52. The Hall–Kier alpha value is -2.01. The number of aromatic nitrogens is 1. The van der Waals surface area contributed by atoms with Crippen molar-refractivity contribution in [2.24, 2.45) is 0 Å². The number of pyridine rings is 1. The first-order valence-corrected chi connectivity index (χ1v) is 6.73. The van der Waals surface area contributed by atoms with E-state index in [9.17, 15) is 8.78 Å². The maximum absolute atomic E-state index is 12.2. The second kappa shape index (κ2) is 7.13. The van der Waals surface area contributed by atoms with Crippen molar-refractivity contribution in [2.45, 2.75) is 25.5 Å². The van der Waals surface area contributed by atoms with Gasteiger partial charge in [-0.15, -0.1) is 0 Å². The minimum absolute atomic E-state index is 0.0769. The molecule has 0 aliphatic heterocycles. The van der Waals surface area contributed by atoms with Crippen LogP contribution in [0.4, 0.5) is 8.78 Å². The number of hydrogen-bond acceptors (Lipinski definition) is 3. The number of rotatable bonds is 6. The topological polar surface area (TPSA) is 34.1 Å². The van der Waals surface area contributed by atoms with Gasteiger partial charge in [0.2, 0.25) is 0 Å². The molecule has 0 aliphatic rings. The number of halogens is 2. The zero-order valence-electron chi connectivity index (χ0n) is 12.0. The van der Waals surface area contributed by atoms with Crippen LogP contribution in [0.3, 0.4) is 0 Å². The van der Waals surface area contributed by atoms with Crippen molar-refractivity contribution in [3.63, 3.8) is 0 Å². The second-order valence-electron chi connectivity index (χ2n) is 4.78. The highest BCUT2D eigenvalue weighted by atomic mass is 19.3. The Balaban J connectivity index is 2.17. The summed E-state index contributed by atoms with van der Waals surface area (Å²) in [4.78, 5) is 4.02. The van der Waals surface area contributed by atoms with Crippen molar-refractivity contribution in [3.8, 4) is 5.75 Å². The maximum Gasteiger partial charge on any atom is 0.387 e. The summed E-state index contributed by atoms with van der Waals surface area (Å²) in [5.74, 6) is 0.389. The second-order valence-corrected chi connectivity index (χ2v) is 4.78. The van der Waals surface area contributed by atoms with Gasteiger partial charge in [-0.2, -0.15) is 8.78 Å². The van der Waals surface area contributed by atoms with Crippen LogP contribution < -0.4 is 10.1 Å². The van der Waals surface area contributed by atoms with E-state index in [2.05, 4.69) is 22.0 Å². The minimum Gasteiger partial charge on any atom is -0.435 e. The molecular formula is C16H18F2N2O. The molecule has 0 spiro atoms. The third kappa shape index (κ3) is 3.98. The van der Waals surface area contributed by atoms with Crippen LogP contribution in [-0.4, -0.2) is 18.6 Å². The summed E-state index contributed by atoms with van der Waals surface area (Å²) in [6, 6.07) is 10.8. The fourth-order valence-corrected chi connectivity index (χ4v) is 2.42. The van der Waals surface area contributed by atoms with Crippen LogP contribution >= 0.6 is 0 Å². The monoisotopic (exact) mass is 292 g/mol. The number of likely N-dealkylation sites (N-methyl/N-ethyl adjacent to an activating group) is 1. The van der Waals surface area contributed by atoms with E-state index in [0.29, 0.717) is 0 Å². The highest BCUT2D eigenvalue weighted by molar-refractivity contribution is 5.32. The molecule has 0 radical (unpaired) electrons. The predicted octanol–water partition coefficient (Wildman–Crippen LogP) is 3.75. The van der Waals surface area contributed by atoms with E-state index < -0.39 is 6.61 Å². The summed E-state index contributed by atoms with van der Waals surface area (Å²) in [6.45, 7) is -0.688. The van der Waals surface area contributed by atoms with Crippen molar-refractivity contribution < 1.29 is 13.5 Å². The van der Waals surface area contributed by atoms with Gasteiger partial charge in [0, 0.05) is 24.4 Å². The van der Waals surface area contributed by atoms with Crippen LogP contribution in [0.2, 0.25) is 0 Å². The minimum atomic E-state index is -2.80. The molecule has 2 rings (SSSR count). The van der Waals surface area contributed by atoms with Gasteiger partial charge in [-0.05, 0) is 42.4 Å². The highest BCUT2D eigenvalue weighted by Gasteiger charge is 2.19. The number of benzene rings is 1. The molecule has 21 heavy (non-hydrogen) atoms. The Morgan fingerprint density at radius 1 is 1.00 bits per heavy atom. The molecule has 112 valence electrons. The Morgan fingerprint density at radius 3 is 2.14 bits per heavy atom. The average Bonchev–Trinajstić information content (AvgIpc) is 2.50. The standard InChI is InChI=1S/C16H18F2N2O/c1-11(12-7-9-20-10-8-12)15(19-2)13-3-5-14(6-4-13)21-16(17)18/h3-11,15-16,19H,1-2H3. The Morgan fingerprint density at radius 2 is 1.62 bits per heavy atom. The van der Waals surface area contributed by atoms with Crippen molar-refractivity contribution in [3.05, 3.63) is 59.9 Å². The molecule has 0 bridgehead atoms. The number of nitrogens with zero attached hydrogens (tertiary/aromatic N) is 1. The third-order valence-corrected chi connectivity index (χ3v) is 3.51. The first-order valence-electron chi connectivity index (χ1n) is 6.73. The van der Waals surface area contributed by atoms with Gasteiger partial charge in [-0.1, -0.05) is 19.1 Å². The highest BCUT2D eigenvalue weighted by Crippen LogP contribution is 2.31. The number of nitrogens with one attached hydrogen (secondary N) is 1. The zero-order valence-corrected chi connectivity index (χ0v) is 12.0. The first-order chi connectivity index (χ1) is 10.1. The van der Waals surface area contributed by atoms with Gasteiger partial charge in [-0.3, -0.25) is 4.98 Å². The van der Waals surface area contributed by atoms with E-state index in [0.717, 1.165) is 11.1 Å². The quantitative estimate of drug-likeness (QED) is 0.880. The van der Waals surface area contributed by atoms with Crippen LogP contribution in [0, 0.1) is 0 Å². The zero-order chi connectivity index (χ0) is 15.2. The van der Waals surface area contributed by atoms with Crippen molar-refractivity contribution in [1.82, 2.24) is 10.3 Å². The molecule has 2 unspecified atom stereocenters. The normalized spacial score (nSPS) is 14.0. The van der Waals surface area contributed by atoms with Gasteiger partial charge < -0.3 is 10.1 Å². The van der Waals surface area contributed by atoms with Crippen LogP contribution in [0.15, 0.2) is 48.8 Å². The summed E-state index contributed by atoms with van der Waals surface area (Å²) in [5, 5.41) is 3.27. The van der Waals surface area contributed by atoms with Crippen LogP contribution in [0.1, 0.15) is 30.0 Å². The lowest BCUT2D eigenvalue weighted by Crippen LogP contribution is -2.22. The Bertz CT molecular complexity index is 546. The predicted molar refractivity (Wildman–Crippen MR) is 77.5 cm³/mol. The lowest BCUT2D eigenvalue weighted by molar-refractivity contribution is -0.0498. The number of alkyl halides is 2. The molecule has 2 atom stereocenters. The molecule has 3 nitrogen and oxygen atoms in total. The van der Waals surface area contributed by atoms with Crippen LogP contribution in [0.25, 0.3) is 0 Å². The molecule has 1 aromatic carbocycles. The van der Waals surface area contributed by atoms with Crippen LogP contribution in [-0.2, 0) is 0 Å². The van der Waals surface area contributed by atoms with E-state index >= 15 is 0 Å². The number of ether oxygens (including phenoxy) is 1. The lowest BCUT2D eigenvalue weighted by atomic mass is 9.89. The molecule has 1 aromatic heterocycles. The molecule has 0 saturated carbocycles. The fourth-order valence-electron chi connectivity index (χ4n) is 2.42. The van der Waals surface area contributed by atoms with Gasteiger partial charge in [0.05, 0.1) is 0 Å². The van der Waals surface area contributed by atoms with Gasteiger partial charge >= 0.3 is 6.61 Å². The van der Waals surface area contributed by atoms with Gasteiger partial charge in [0.25, 0.3) is 0 Å². The third-order valence-electron chi connectivity index (χ3n) is 3.51. The van der Waals surface area contributed by atoms with Gasteiger partial charge in [0.15, 0.2) is 0 Å². The molecule has 2 aromatic rings. The van der Waals surface area contributed by atoms with E-state index in [1.54, 1.807) is 36.7 Å². The molecule has 0 saturated heterocycles. The molecule has 1 N–H and O–H groups in total. The molecule has 5 heteroatoms. The van der Waals surface area contributed by atoms with E-state index in [1.165, 1.54) is 0 Å². The summed E-state index contributed by atoms with van der Waals surface area (Å²) < 4.78 is 28.7. The maximum atomic E-state index is 12.2. The van der Waals surface area contributed by atoms with Gasteiger partial charge in [0.1, 0.15) is 5.75 Å². The van der Waals surface area contributed by atoms with Crippen molar-refractivity contribution >= 4 is 0 Å². The fraction of sp³-hybridized carbons (Fsp3) is 0.312. The molecule has 0 fully saturated rings. The summed E-state index contributed by atoms with van der Waals surface area (Å²) >= 11 is 0. The lowest BCUT2D eigenvalue weighted by Gasteiger charge is -2.24. The van der Waals surface area contributed by atoms with E-state index in [-0.39, 0.29) is 17.7 Å². The summed E-state index contributed by atoms with van der Waals surface area (Å²) in [7, 11) is 1.88. The first kappa shape index (κ1) is 15.4. The Labute approximate surface area is 123 Å². The van der Waals surface area contributed by atoms with Crippen molar-refractivity contribution in [2.75, 3.05) is 7.05 Å². The van der Waals surface area contributed by atoms with Crippen molar-refractivity contribution in [1.29, 1.82) is 0 Å². The SMILES string of the molecule is CNC(c1ccc(OC(F)F)cc1)C(C)c1ccncc1. The molecule has 0 amide bonds. The van der Waals surface area contributed by atoms with Gasteiger partial charge in [-0.25, -0.2) is 0 Å². The molecular weight excluding hydrogens is 274 g/mol.